The molecule has 0 aromatic heterocycles. The predicted molar refractivity (Wildman–Crippen MR) is 80.1 cm³/mol. The van der Waals surface area contributed by atoms with Crippen LogP contribution in [-0.4, -0.2) is 0 Å². The first-order valence-electron chi connectivity index (χ1n) is 8.15. The Hall–Kier alpha value is -1.29. The Morgan fingerprint density at radius 2 is 1.60 bits per heavy atom. The Bertz CT molecular complexity index is 530. The van der Waals surface area contributed by atoms with E-state index in [2.05, 4.69) is 37.3 Å². The summed E-state index contributed by atoms with van der Waals surface area (Å²) in [6, 6.07) is 11.3. The van der Waals surface area contributed by atoms with Crippen molar-refractivity contribution in [2.45, 2.75) is 51.4 Å². The van der Waals surface area contributed by atoms with Gasteiger partial charge in [-0.25, -0.2) is 0 Å². The summed E-state index contributed by atoms with van der Waals surface area (Å²) in [6.07, 6.45) is 8.28. The molecule has 1 nitrogen and oxygen atoms in total. The fourth-order valence-electron chi connectivity index (χ4n) is 5.98. The first-order chi connectivity index (χ1) is 9.70. The maximum atomic E-state index is 9.91. The van der Waals surface area contributed by atoms with E-state index in [1.807, 2.05) is 0 Å². The van der Waals surface area contributed by atoms with Gasteiger partial charge in [0.05, 0.1) is 12.0 Å². The highest BCUT2D eigenvalue weighted by atomic mass is 14.6. The van der Waals surface area contributed by atoms with E-state index in [0.717, 1.165) is 17.8 Å². The third-order valence-corrected chi connectivity index (χ3v) is 6.33. The molecule has 4 aliphatic rings. The molecule has 1 unspecified atom stereocenters. The summed E-state index contributed by atoms with van der Waals surface area (Å²) in [5.41, 5.74) is 2.90. The van der Waals surface area contributed by atoms with E-state index in [0.29, 0.717) is 5.41 Å². The summed E-state index contributed by atoms with van der Waals surface area (Å²) in [5, 5.41) is 9.91. The molecule has 4 aliphatic carbocycles. The maximum Gasteiger partial charge on any atom is 0.0771 e. The molecule has 20 heavy (non-hydrogen) atoms. The molecule has 0 N–H and O–H groups in total. The van der Waals surface area contributed by atoms with Crippen LogP contribution >= 0.6 is 0 Å². The van der Waals surface area contributed by atoms with Crippen molar-refractivity contribution >= 4 is 0 Å². The molecule has 1 aromatic rings. The lowest BCUT2D eigenvalue weighted by Gasteiger charge is -2.58. The van der Waals surface area contributed by atoms with E-state index in [1.54, 1.807) is 0 Å². The fourth-order valence-corrected chi connectivity index (χ4v) is 5.98. The van der Waals surface area contributed by atoms with Gasteiger partial charge in [-0.3, -0.25) is 0 Å². The van der Waals surface area contributed by atoms with Gasteiger partial charge in [0, 0.05) is 0 Å². The van der Waals surface area contributed by atoms with Gasteiger partial charge in [-0.1, -0.05) is 24.3 Å². The van der Waals surface area contributed by atoms with Gasteiger partial charge in [-0.2, -0.15) is 5.26 Å². The quantitative estimate of drug-likeness (QED) is 0.752. The molecule has 0 heterocycles. The topological polar surface area (TPSA) is 23.8 Å². The first kappa shape index (κ1) is 12.5. The third kappa shape index (κ3) is 1.74. The minimum absolute atomic E-state index is 0.122. The predicted octanol–water partition coefficient (Wildman–Crippen LogP) is 4.82. The minimum atomic E-state index is 0.122. The Kier molecular flexibility index (Phi) is 2.71. The van der Waals surface area contributed by atoms with Gasteiger partial charge >= 0.3 is 0 Å². The van der Waals surface area contributed by atoms with Crippen LogP contribution < -0.4 is 0 Å². The van der Waals surface area contributed by atoms with E-state index in [1.165, 1.54) is 49.7 Å². The van der Waals surface area contributed by atoms with Crippen molar-refractivity contribution in [2.24, 2.45) is 23.2 Å². The number of hydrogen-bond donors (Lipinski definition) is 0. The molecule has 0 saturated heterocycles. The van der Waals surface area contributed by atoms with E-state index >= 15 is 0 Å². The fraction of sp³-hybridized carbons (Fsp3) is 0.632. The summed E-state index contributed by atoms with van der Waals surface area (Å²) in [7, 11) is 0. The third-order valence-electron chi connectivity index (χ3n) is 6.33. The second-order valence-electron chi connectivity index (χ2n) is 7.70. The van der Waals surface area contributed by atoms with Crippen molar-refractivity contribution in [3.05, 3.63) is 35.4 Å². The van der Waals surface area contributed by atoms with Gasteiger partial charge in [-0.05, 0) is 79.7 Å². The summed E-state index contributed by atoms with van der Waals surface area (Å²) in [6.45, 7) is 2.17. The van der Waals surface area contributed by atoms with Gasteiger partial charge in [0.25, 0.3) is 0 Å². The van der Waals surface area contributed by atoms with Crippen LogP contribution in [0.5, 0.6) is 0 Å². The molecular weight excluding hydrogens is 242 g/mol. The van der Waals surface area contributed by atoms with Crippen LogP contribution in [0.25, 0.3) is 0 Å². The van der Waals surface area contributed by atoms with Crippen LogP contribution in [0.15, 0.2) is 24.3 Å². The molecule has 4 bridgehead atoms. The standard InChI is InChI=1S/C19H23N/c1-13-4-2-3-5-17(13)18(12-20)19-9-14-6-15(10-19)8-16(7-14)11-19/h2-5,14-16,18H,6-11H2,1H3. The van der Waals surface area contributed by atoms with E-state index in [9.17, 15) is 5.26 Å². The zero-order valence-electron chi connectivity index (χ0n) is 12.3. The lowest BCUT2D eigenvalue weighted by atomic mass is 9.46. The SMILES string of the molecule is Cc1ccccc1C(C#N)C12CC3CC(CC(C3)C1)C2. The van der Waals surface area contributed by atoms with Crippen molar-refractivity contribution in [1.82, 2.24) is 0 Å². The number of hydrogen-bond acceptors (Lipinski definition) is 1. The van der Waals surface area contributed by atoms with Gasteiger partial charge < -0.3 is 0 Å². The highest BCUT2D eigenvalue weighted by Gasteiger charge is 2.54. The summed E-state index contributed by atoms with van der Waals surface area (Å²) in [5.74, 6) is 2.88. The summed E-state index contributed by atoms with van der Waals surface area (Å²) >= 11 is 0. The molecule has 0 amide bonds. The maximum absolute atomic E-state index is 9.91. The van der Waals surface area contributed by atoms with Crippen molar-refractivity contribution in [1.29, 1.82) is 5.26 Å². The zero-order chi connectivity index (χ0) is 13.7. The molecule has 0 aliphatic heterocycles. The van der Waals surface area contributed by atoms with Gasteiger partial charge in [-0.15, -0.1) is 0 Å². The van der Waals surface area contributed by atoms with E-state index < -0.39 is 0 Å². The molecule has 1 heteroatoms. The van der Waals surface area contributed by atoms with Crippen LogP contribution in [0.2, 0.25) is 0 Å². The van der Waals surface area contributed by atoms with E-state index in [-0.39, 0.29) is 5.92 Å². The number of nitriles is 1. The highest BCUT2D eigenvalue weighted by molar-refractivity contribution is 5.36. The first-order valence-corrected chi connectivity index (χ1v) is 8.15. The van der Waals surface area contributed by atoms with Gasteiger partial charge in [0.2, 0.25) is 0 Å². The Labute approximate surface area is 122 Å². The molecular formula is C19H23N. The van der Waals surface area contributed by atoms with Crippen LogP contribution in [0.3, 0.4) is 0 Å². The Morgan fingerprint density at radius 3 is 2.10 bits per heavy atom. The van der Waals surface area contributed by atoms with Crippen LogP contribution in [-0.2, 0) is 0 Å². The number of benzene rings is 1. The molecule has 4 fully saturated rings. The molecule has 1 atom stereocenters. The lowest BCUT2D eigenvalue weighted by molar-refractivity contribution is -0.0595. The average Bonchev–Trinajstić information content (AvgIpc) is 2.40. The molecule has 0 radical (unpaired) electrons. The number of aryl methyl sites for hydroxylation is 1. The zero-order valence-corrected chi connectivity index (χ0v) is 12.3. The molecule has 4 saturated carbocycles. The van der Waals surface area contributed by atoms with Crippen LogP contribution in [0.4, 0.5) is 0 Å². The van der Waals surface area contributed by atoms with Gasteiger partial charge in [0.15, 0.2) is 0 Å². The minimum Gasteiger partial charge on any atom is -0.198 e. The monoisotopic (exact) mass is 265 g/mol. The molecule has 104 valence electrons. The second-order valence-corrected chi connectivity index (χ2v) is 7.70. The van der Waals surface area contributed by atoms with Crippen LogP contribution in [0, 0.1) is 41.4 Å². The Morgan fingerprint density at radius 1 is 1.05 bits per heavy atom. The lowest BCUT2D eigenvalue weighted by Crippen LogP contribution is -2.48. The summed E-state index contributed by atoms with van der Waals surface area (Å²) in [4.78, 5) is 0. The summed E-state index contributed by atoms with van der Waals surface area (Å²) < 4.78 is 0. The van der Waals surface area contributed by atoms with Crippen molar-refractivity contribution in [3.8, 4) is 6.07 Å². The number of nitrogens with zero attached hydrogens (tertiary/aromatic N) is 1. The Balaban J connectivity index is 1.75. The van der Waals surface area contributed by atoms with Crippen LogP contribution in [0.1, 0.15) is 55.6 Å². The van der Waals surface area contributed by atoms with Crippen molar-refractivity contribution in [3.63, 3.8) is 0 Å². The number of rotatable bonds is 2. The average molecular weight is 265 g/mol. The normalized spacial score (nSPS) is 39.5. The highest BCUT2D eigenvalue weighted by Crippen LogP contribution is 2.64. The van der Waals surface area contributed by atoms with Gasteiger partial charge in [0.1, 0.15) is 0 Å². The molecule has 1 aromatic carbocycles. The largest absolute Gasteiger partial charge is 0.198 e. The van der Waals surface area contributed by atoms with Crippen molar-refractivity contribution < 1.29 is 0 Å². The smallest absolute Gasteiger partial charge is 0.0771 e. The molecule has 0 spiro atoms. The second kappa shape index (κ2) is 4.35. The van der Waals surface area contributed by atoms with E-state index in [4.69, 9.17) is 0 Å². The molecule has 5 rings (SSSR count). The van der Waals surface area contributed by atoms with Crippen molar-refractivity contribution in [2.75, 3.05) is 0 Å².